The van der Waals surface area contributed by atoms with Gasteiger partial charge < -0.3 is 16.9 Å². The number of hydrogen-bond donors (Lipinski definition) is 1. The van der Waals surface area contributed by atoms with Crippen molar-refractivity contribution in [3.63, 3.8) is 0 Å². The van der Waals surface area contributed by atoms with Crippen LogP contribution >= 0.6 is 0 Å². The molecule has 1 aliphatic heterocycles. The zero-order valence-electron chi connectivity index (χ0n) is 8.21. The fraction of sp³-hybridized carbons (Fsp3) is 0.667. The summed E-state index contributed by atoms with van der Waals surface area (Å²) < 4.78 is 0. The van der Waals surface area contributed by atoms with Gasteiger partial charge in [-0.25, -0.2) is 0 Å². The number of aliphatic hydroxyl groups is 1. The molecule has 0 amide bonds. The maximum atomic E-state index is 8.78. The van der Waals surface area contributed by atoms with Crippen molar-refractivity contribution in [2.75, 3.05) is 13.6 Å². The number of hydrogen-bond acceptors (Lipinski definition) is 2. The first-order valence-corrected chi connectivity index (χ1v) is 4.11. The molecule has 1 heterocycles. The van der Waals surface area contributed by atoms with Crippen LogP contribution in [0.3, 0.4) is 0 Å². The predicted octanol–water partition coefficient (Wildman–Crippen LogP) is 2.34. The van der Waals surface area contributed by atoms with Gasteiger partial charge in [0.2, 0.25) is 0 Å². The summed E-state index contributed by atoms with van der Waals surface area (Å²) in [6.07, 6.45) is 5.09. The number of unbranched alkanes of at least 4 members (excludes halogenated alkanes) is 1. The van der Waals surface area contributed by atoms with Gasteiger partial charge in [-0.2, -0.15) is 6.42 Å². The minimum absolute atomic E-state index is 0. The van der Waals surface area contributed by atoms with E-state index in [-0.39, 0.29) is 19.5 Å². The van der Waals surface area contributed by atoms with Gasteiger partial charge in [-0.15, -0.1) is 0 Å². The SMILES string of the molecule is CN1CCC=C1O.[CH2-]CCC.[Zn]. The van der Waals surface area contributed by atoms with Crippen molar-refractivity contribution < 1.29 is 24.6 Å². The van der Waals surface area contributed by atoms with Crippen LogP contribution in [0, 0.1) is 6.92 Å². The van der Waals surface area contributed by atoms with Crippen LogP contribution in [0.2, 0.25) is 0 Å². The van der Waals surface area contributed by atoms with Crippen molar-refractivity contribution in [1.82, 2.24) is 4.90 Å². The summed E-state index contributed by atoms with van der Waals surface area (Å²) in [6.45, 7) is 6.69. The topological polar surface area (TPSA) is 23.5 Å². The molecular weight excluding hydrogens is 203 g/mol. The van der Waals surface area contributed by atoms with Crippen molar-refractivity contribution in [3.05, 3.63) is 18.9 Å². The standard InChI is InChI=1S/C5H9NO.C4H9.Zn/c1-6-4-2-3-5(6)7;1-3-4-2;/h3,7H,2,4H2,1H3;1,3-4H2,2H3;/q;-1;. The Morgan fingerprint density at radius 1 is 1.67 bits per heavy atom. The Labute approximate surface area is 88.4 Å². The van der Waals surface area contributed by atoms with Crippen molar-refractivity contribution in [3.8, 4) is 0 Å². The fourth-order valence-electron chi connectivity index (χ4n) is 0.658. The van der Waals surface area contributed by atoms with E-state index in [1.807, 2.05) is 18.0 Å². The van der Waals surface area contributed by atoms with Crippen molar-refractivity contribution in [2.24, 2.45) is 0 Å². The molecular formula is C9H18NOZn-. The quantitative estimate of drug-likeness (QED) is 0.543. The van der Waals surface area contributed by atoms with Crippen LogP contribution in [-0.2, 0) is 19.5 Å². The van der Waals surface area contributed by atoms with Gasteiger partial charge >= 0.3 is 0 Å². The number of nitrogens with zero attached hydrogens (tertiary/aromatic N) is 1. The molecule has 0 radical (unpaired) electrons. The van der Waals surface area contributed by atoms with Crippen LogP contribution in [0.5, 0.6) is 0 Å². The average Bonchev–Trinajstić information content (AvgIpc) is 2.37. The maximum absolute atomic E-state index is 8.78. The van der Waals surface area contributed by atoms with Gasteiger partial charge in [0.05, 0.1) is 0 Å². The first-order valence-electron chi connectivity index (χ1n) is 4.11. The molecule has 1 aliphatic rings. The van der Waals surface area contributed by atoms with Gasteiger partial charge in [-0.3, -0.25) is 0 Å². The normalized spacial score (nSPS) is 14.2. The third-order valence-electron chi connectivity index (χ3n) is 1.54. The van der Waals surface area contributed by atoms with Crippen LogP contribution in [0.1, 0.15) is 26.2 Å². The van der Waals surface area contributed by atoms with E-state index >= 15 is 0 Å². The van der Waals surface area contributed by atoms with Crippen LogP contribution in [-0.4, -0.2) is 23.6 Å². The summed E-state index contributed by atoms with van der Waals surface area (Å²) in [5.74, 6) is 0.417. The molecule has 3 heteroatoms. The Morgan fingerprint density at radius 3 is 2.25 bits per heavy atom. The second kappa shape index (κ2) is 9.05. The van der Waals surface area contributed by atoms with Crippen LogP contribution in [0.15, 0.2) is 12.0 Å². The summed E-state index contributed by atoms with van der Waals surface area (Å²) in [4.78, 5) is 1.82. The zero-order chi connectivity index (χ0) is 8.69. The third-order valence-corrected chi connectivity index (χ3v) is 1.54. The van der Waals surface area contributed by atoms with E-state index in [2.05, 4.69) is 13.8 Å². The van der Waals surface area contributed by atoms with E-state index in [9.17, 15) is 0 Å². The van der Waals surface area contributed by atoms with Gasteiger partial charge in [-0.05, 0) is 12.5 Å². The molecule has 0 aromatic carbocycles. The third kappa shape index (κ3) is 6.66. The predicted molar refractivity (Wildman–Crippen MR) is 48.2 cm³/mol. The van der Waals surface area contributed by atoms with E-state index in [0.717, 1.165) is 19.4 Å². The van der Waals surface area contributed by atoms with Crippen molar-refractivity contribution in [1.29, 1.82) is 0 Å². The van der Waals surface area contributed by atoms with E-state index in [4.69, 9.17) is 5.11 Å². The minimum Gasteiger partial charge on any atom is -0.495 e. The molecule has 1 N–H and O–H groups in total. The van der Waals surface area contributed by atoms with E-state index < -0.39 is 0 Å². The molecule has 0 atom stereocenters. The monoisotopic (exact) mass is 220 g/mol. The second-order valence-electron chi connectivity index (χ2n) is 2.63. The molecule has 68 valence electrons. The molecule has 0 saturated carbocycles. The maximum Gasteiger partial charge on any atom is 0.182 e. The Balaban J connectivity index is 0. The van der Waals surface area contributed by atoms with Crippen LogP contribution in [0.4, 0.5) is 0 Å². The second-order valence-corrected chi connectivity index (χ2v) is 2.63. The molecule has 0 saturated heterocycles. The molecule has 2 nitrogen and oxygen atoms in total. The molecule has 1 rings (SSSR count). The van der Waals surface area contributed by atoms with E-state index in [1.54, 1.807) is 0 Å². The smallest absolute Gasteiger partial charge is 0.182 e. The van der Waals surface area contributed by atoms with E-state index in [1.165, 1.54) is 6.42 Å². The minimum atomic E-state index is 0. The Kier molecular flexibility index (Phi) is 10.9. The Bertz CT molecular complexity index is 124. The van der Waals surface area contributed by atoms with Gasteiger partial charge in [0.25, 0.3) is 0 Å². The Hall–Kier alpha value is -0.0366. The molecule has 0 aromatic heterocycles. The average molecular weight is 222 g/mol. The fourth-order valence-corrected chi connectivity index (χ4v) is 0.658. The molecule has 0 bridgehead atoms. The molecule has 12 heavy (non-hydrogen) atoms. The van der Waals surface area contributed by atoms with Crippen LogP contribution < -0.4 is 0 Å². The summed E-state index contributed by atoms with van der Waals surface area (Å²) >= 11 is 0. The summed E-state index contributed by atoms with van der Waals surface area (Å²) in [7, 11) is 1.87. The molecule has 0 fully saturated rings. The largest absolute Gasteiger partial charge is 0.495 e. The molecule has 0 aliphatic carbocycles. The van der Waals surface area contributed by atoms with Crippen LogP contribution in [0.25, 0.3) is 0 Å². The van der Waals surface area contributed by atoms with Gasteiger partial charge in [-0.1, -0.05) is 13.3 Å². The van der Waals surface area contributed by atoms with Gasteiger partial charge in [0, 0.05) is 33.1 Å². The summed E-state index contributed by atoms with van der Waals surface area (Å²) in [6, 6.07) is 0. The number of aliphatic hydroxyl groups excluding tert-OH is 1. The first kappa shape index (κ1) is 14.5. The Morgan fingerprint density at radius 2 is 2.17 bits per heavy atom. The zero-order valence-corrected chi connectivity index (χ0v) is 11.2. The molecule has 0 aromatic rings. The summed E-state index contributed by atoms with van der Waals surface area (Å²) in [5, 5.41) is 8.78. The van der Waals surface area contributed by atoms with Crippen molar-refractivity contribution in [2.45, 2.75) is 26.2 Å². The molecule has 0 spiro atoms. The van der Waals surface area contributed by atoms with Gasteiger partial charge in [0.1, 0.15) is 0 Å². The van der Waals surface area contributed by atoms with Gasteiger partial charge in [0.15, 0.2) is 5.88 Å². The number of rotatable bonds is 1. The molecule has 0 unspecified atom stereocenters. The van der Waals surface area contributed by atoms with E-state index in [0.29, 0.717) is 5.88 Å². The first-order chi connectivity index (χ1) is 5.22. The summed E-state index contributed by atoms with van der Waals surface area (Å²) in [5.41, 5.74) is 0. The van der Waals surface area contributed by atoms with Crippen molar-refractivity contribution >= 4 is 0 Å².